The number of oxazole rings is 1. The van der Waals surface area contributed by atoms with Crippen molar-refractivity contribution in [3.05, 3.63) is 64.0 Å². The van der Waals surface area contributed by atoms with Crippen LogP contribution in [0.1, 0.15) is 74.3 Å². The van der Waals surface area contributed by atoms with Crippen LogP contribution in [-0.2, 0) is 6.42 Å². The van der Waals surface area contributed by atoms with Gasteiger partial charge in [-0.1, -0.05) is 25.4 Å². The van der Waals surface area contributed by atoms with Crippen molar-refractivity contribution in [2.24, 2.45) is 0 Å². The number of phenolic OH excluding ortho intramolecular Hbond substituents is 1. The van der Waals surface area contributed by atoms with Crippen molar-refractivity contribution in [3.63, 3.8) is 0 Å². The summed E-state index contributed by atoms with van der Waals surface area (Å²) in [6.45, 7) is 11.9. The zero-order valence-corrected chi connectivity index (χ0v) is 20.2. The second kappa shape index (κ2) is 9.37. The highest BCUT2D eigenvalue weighted by molar-refractivity contribution is 6.30. The zero-order chi connectivity index (χ0) is 23.6. The van der Waals surface area contributed by atoms with Crippen LogP contribution in [0.5, 0.6) is 11.5 Å². The maximum atomic E-state index is 12.9. The Hall–Kier alpha value is -2.79. The number of Topliss-reactive ketones (excluding diaryl/α,β-unsaturated/α-hetero) is 1. The molecular formula is C26H30ClNO4. The van der Waals surface area contributed by atoms with Crippen LogP contribution in [0.2, 0.25) is 5.02 Å². The second-order valence-corrected chi connectivity index (χ2v) is 9.70. The molecule has 0 amide bonds. The van der Waals surface area contributed by atoms with Gasteiger partial charge >= 0.3 is 0 Å². The number of hydrogen-bond donors (Lipinski definition) is 1. The first-order chi connectivity index (χ1) is 14.9. The van der Waals surface area contributed by atoms with E-state index in [0.717, 1.165) is 17.0 Å². The number of nitrogens with zero attached hydrogens (tertiary/aromatic N) is 1. The van der Waals surface area contributed by atoms with Crippen LogP contribution >= 0.6 is 11.6 Å². The highest BCUT2D eigenvalue weighted by Crippen LogP contribution is 2.34. The number of aromatic hydroxyl groups is 1. The molecule has 1 heterocycles. The van der Waals surface area contributed by atoms with Gasteiger partial charge in [0.1, 0.15) is 22.9 Å². The molecule has 2 aromatic carbocycles. The Morgan fingerprint density at radius 3 is 2.50 bits per heavy atom. The maximum absolute atomic E-state index is 12.9. The van der Waals surface area contributed by atoms with E-state index in [9.17, 15) is 9.90 Å². The summed E-state index contributed by atoms with van der Waals surface area (Å²) in [5.74, 6) is 1.94. The van der Waals surface area contributed by atoms with Crippen LogP contribution in [0, 0.1) is 6.92 Å². The second-order valence-electron chi connectivity index (χ2n) is 9.26. The Morgan fingerprint density at radius 2 is 1.91 bits per heavy atom. The number of carbonyl (C=O) groups is 1. The lowest BCUT2D eigenvalue weighted by molar-refractivity contribution is 0.0982. The Kier molecular flexibility index (Phi) is 6.99. The van der Waals surface area contributed by atoms with Crippen molar-refractivity contribution < 1.29 is 19.1 Å². The average Bonchev–Trinajstić information content (AvgIpc) is 3.11. The van der Waals surface area contributed by atoms with E-state index < -0.39 is 0 Å². The number of halogens is 1. The van der Waals surface area contributed by atoms with E-state index in [-0.39, 0.29) is 23.1 Å². The van der Waals surface area contributed by atoms with E-state index in [2.05, 4.69) is 4.98 Å². The molecule has 5 nitrogen and oxygen atoms in total. The van der Waals surface area contributed by atoms with Gasteiger partial charge in [0.05, 0.1) is 11.3 Å². The predicted octanol–water partition coefficient (Wildman–Crippen LogP) is 7.13. The Morgan fingerprint density at radius 1 is 1.19 bits per heavy atom. The smallest absolute Gasteiger partial charge is 0.230 e. The van der Waals surface area contributed by atoms with Gasteiger partial charge in [-0.2, -0.15) is 0 Å². The van der Waals surface area contributed by atoms with E-state index >= 15 is 0 Å². The van der Waals surface area contributed by atoms with Crippen LogP contribution in [0.15, 0.2) is 40.8 Å². The number of aryl methyl sites for hydroxylation is 2. The molecule has 0 bridgehead atoms. The lowest BCUT2D eigenvalue weighted by Gasteiger charge is -2.22. The SMILES string of the molecule is Cc1cc(C(=O)CCc2nc(-c3ccc(Cl)cc3O)oc2C(C)C)ccc1OC(C)(C)C. The largest absolute Gasteiger partial charge is 0.507 e. The van der Waals surface area contributed by atoms with Crippen LogP contribution < -0.4 is 4.74 Å². The Labute approximate surface area is 194 Å². The van der Waals surface area contributed by atoms with Gasteiger partial charge in [0.2, 0.25) is 5.89 Å². The van der Waals surface area contributed by atoms with Crippen molar-refractivity contribution in [2.45, 2.75) is 65.9 Å². The van der Waals surface area contributed by atoms with Gasteiger partial charge in [-0.15, -0.1) is 0 Å². The normalized spacial score (nSPS) is 11.8. The van der Waals surface area contributed by atoms with Gasteiger partial charge in [-0.05, 0) is 69.7 Å². The highest BCUT2D eigenvalue weighted by atomic mass is 35.5. The fraction of sp³-hybridized carbons (Fsp3) is 0.385. The predicted molar refractivity (Wildman–Crippen MR) is 127 cm³/mol. The third-order valence-corrected chi connectivity index (χ3v) is 5.18. The van der Waals surface area contributed by atoms with Gasteiger partial charge in [-0.25, -0.2) is 4.98 Å². The van der Waals surface area contributed by atoms with E-state index in [0.29, 0.717) is 40.6 Å². The Bertz CT molecular complexity index is 1130. The van der Waals surface area contributed by atoms with E-state index in [4.69, 9.17) is 20.8 Å². The van der Waals surface area contributed by atoms with Crippen LogP contribution in [0.4, 0.5) is 0 Å². The minimum Gasteiger partial charge on any atom is -0.507 e. The van der Waals surface area contributed by atoms with Crippen LogP contribution in [0.3, 0.4) is 0 Å². The molecule has 170 valence electrons. The summed E-state index contributed by atoms with van der Waals surface area (Å²) in [7, 11) is 0. The standard InChI is InChI=1S/C26H30ClNO4/c1-15(2)24-20(28-25(31-24)19-9-8-18(27)14-22(19)30)10-11-21(29)17-7-12-23(16(3)13-17)32-26(4,5)6/h7-9,12-15,30H,10-11H2,1-6H3. The van der Waals surface area contributed by atoms with E-state index in [1.165, 1.54) is 6.07 Å². The first-order valence-electron chi connectivity index (χ1n) is 10.8. The number of carbonyl (C=O) groups excluding carboxylic acids is 1. The molecule has 0 spiro atoms. The molecule has 0 aliphatic rings. The molecule has 0 saturated carbocycles. The molecular weight excluding hydrogens is 426 g/mol. The van der Waals surface area contributed by atoms with Crippen molar-refractivity contribution in [1.82, 2.24) is 4.98 Å². The van der Waals surface area contributed by atoms with Gasteiger partial charge < -0.3 is 14.3 Å². The fourth-order valence-electron chi connectivity index (χ4n) is 3.44. The molecule has 0 aliphatic heterocycles. The summed E-state index contributed by atoms with van der Waals surface area (Å²) in [5, 5.41) is 10.7. The molecule has 1 aromatic heterocycles. The molecule has 0 atom stereocenters. The molecule has 0 saturated heterocycles. The number of ketones is 1. The lowest BCUT2D eigenvalue weighted by atomic mass is 10.0. The number of rotatable bonds is 7. The summed E-state index contributed by atoms with van der Waals surface area (Å²) < 4.78 is 11.9. The highest BCUT2D eigenvalue weighted by Gasteiger charge is 2.21. The van der Waals surface area contributed by atoms with Gasteiger partial charge in [0.25, 0.3) is 0 Å². The molecule has 3 aromatic rings. The van der Waals surface area contributed by atoms with Crippen LogP contribution in [0.25, 0.3) is 11.5 Å². The van der Waals surface area contributed by atoms with Gasteiger partial charge in [0, 0.05) is 29.3 Å². The monoisotopic (exact) mass is 455 g/mol. The number of benzene rings is 2. The topological polar surface area (TPSA) is 72.6 Å². The summed E-state index contributed by atoms with van der Waals surface area (Å²) in [6, 6.07) is 10.3. The maximum Gasteiger partial charge on any atom is 0.230 e. The van der Waals surface area contributed by atoms with Crippen molar-refractivity contribution in [2.75, 3.05) is 0 Å². The van der Waals surface area contributed by atoms with E-state index in [1.807, 2.05) is 53.7 Å². The molecule has 0 unspecified atom stereocenters. The summed E-state index contributed by atoms with van der Waals surface area (Å²) in [4.78, 5) is 17.5. The quantitative estimate of drug-likeness (QED) is 0.384. The van der Waals surface area contributed by atoms with Gasteiger partial charge in [-0.3, -0.25) is 4.79 Å². The van der Waals surface area contributed by atoms with Crippen LogP contribution in [-0.4, -0.2) is 21.5 Å². The summed E-state index contributed by atoms with van der Waals surface area (Å²) in [5.41, 5.74) is 2.47. The molecule has 6 heteroatoms. The first-order valence-corrected chi connectivity index (χ1v) is 11.1. The number of hydrogen-bond acceptors (Lipinski definition) is 5. The summed E-state index contributed by atoms with van der Waals surface area (Å²) >= 11 is 5.93. The molecule has 32 heavy (non-hydrogen) atoms. The van der Waals surface area contributed by atoms with Crippen molar-refractivity contribution >= 4 is 17.4 Å². The third kappa shape index (κ3) is 5.71. The number of aromatic nitrogens is 1. The average molecular weight is 456 g/mol. The van der Waals surface area contributed by atoms with E-state index in [1.54, 1.807) is 18.2 Å². The molecule has 0 radical (unpaired) electrons. The zero-order valence-electron chi connectivity index (χ0n) is 19.5. The molecule has 3 rings (SSSR count). The fourth-order valence-corrected chi connectivity index (χ4v) is 3.60. The van der Waals surface area contributed by atoms with Crippen molar-refractivity contribution in [3.8, 4) is 23.0 Å². The number of phenols is 1. The minimum atomic E-state index is -0.299. The third-order valence-electron chi connectivity index (χ3n) is 4.94. The molecule has 0 fully saturated rings. The summed E-state index contributed by atoms with van der Waals surface area (Å²) in [6.07, 6.45) is 0.751. The molecule has 1 N–H and O–H groups in total. The first kappa shape index (κ1) is 23.9. The minimum absolute atomic E-state index is 0.00437. The van der Waals surface area contributed by atoms with Gasteiger partial charge in [0.15, 0.2) is 5.78 Å². The van der Waals surface area contributed by atoms with Crippen molar-refractivity contribution in [1.29, 1.82) is 0 Å². The number of ether oxygens (including phenoxy) is 1. The molecule has 0 aliphatic carbocycles. The lowest BCUT2D eigenvalue weighted by Crippen LogP contribution is -2.23. The Balaban J connectivity index is 1.78.